The van der Waals surface area contributed by atoms with Crippen molar-refractivity contribution in [1.29, 1.82) is 0 Å². The molecule has 1 aromatic carbocycles. The molecule has 0 bridgehead atoms. The molecule has 0 aliphatic heterocycles. The molecule has 3 nitrogen and oxygen atoms in total. The summed E-state index contributed by atoms with van der Waals surface area (Å²) in [6.45, 7) is 4.64. The number of hydrogen-bond donors (Lipinski definition) is 1. The average Bonchev–Trinajstić information content (AvgIpc) is 2.51. The summed E-state index contributed by atoms with van der Waals surface area (Å²) in [5.74, 6) is 0.942. The van der Waals surface area contributed by atoms with Gasteiger partial charge in [-0.1, -0.05) is 28.9 Å². The Bertz CT molecular complexity index is 546. The molecule has 0 aliphatic carbocycles. The van der Waals surface area contributed by atoms with E-state index in [1.54, 1.807) is 0 Å². The largest absolute Gasteiger partial charge is 0.493 e. The van der Waals surface area contributed by atoms with Crippen LogP contribution in [0, 0.1) is 0 Å². The number of ether oxygens (including phenoxy) is 1. The van der Waals surface area contributed by atoms with Crippen LogP contribution in [0.5, 0.6) is 5.75 Å². The fourth-order valence-corrected chi connectivity index (χ4v) is 2.45. The molecule has 0 unspecified atom stereocenters. The first kappa shape index (κ1) is 16.0. The number of nitrogens with one attached hydrogen (secondary N) is 1. The maximum Gasteiger partial charge on any atom is 0.123 e. The van der Waals surface area contributed by atoms with Gasteiger partial charge in [0.2, 0.25) is 0 Å². The van der Waals surface area contributed by atoms with Gasteiger partial charge in [-0.05, 0) is 43.3 Å². The standard InChI is InChI=1S/C17H21BrN2O/c1-2-9-19-13-14-12-15(18)6-7-17(14)21-11-8-16-5-3-4-10-20-16/h3-7,10,12,19H,2,8-9,11,13H2,1H3. The lowest BCUT2D eigenvalue weighted by Crippen LogP contribution is -2.15. The molecule has 0 saturated carbocycles. The van der Waals surface area contributed by atoms with Crippen molar-refractivity contribution in [2.75, 3.05) is 13.2 Å². The highest BCUT2D eigenvalue weighted by atomic mass is 79.9. The van der Waals surface area contributed by atoms with Crippen molar-refractivity contribution in [1.82, 2.24) is 10.3 Å². The summed E-state index contributed by atoms with van der Waals surface area (Å²) in [7, 11) is 0. The molecule has 0 atom stereocenters. The van der Waals surface area contributed by atoms with Crippen LogP contribution >= 0.6 is 15.9 Å². The topological polar surface area (TPSA) is 34.1 Å². The number of nitrogens with zero attached hydrogens (tertiary/aromatic N) is 1. The molecule has 0 saturated heterocycles. The summed E-state index contributed by atoms with van der Waals surface area (Å²) in [4.78, 5) is 4.31. The average molecular weight is 349 g/mol. The fraction of sp³-hybridized carbons (Fsp3) is 0.353. The molecule has 0 spiro atoms. The van der Waals surface area contributed by atoms with Crippen LogP contribution < -0.4 is 10.1 Å². The second kappa shape index (κ2) is 8.80. The molecule has 21 heavy (non-hydrogen) atoms. The second-order valence-electron chi connectivity index (χ2n) is 4.85. The number of pyridine rings is 1. The maximum atomic E-state index is 5.93. The summed E-state index contributed by atoms with van der Waals surface area (Å²) < 4.78 is 7.00. The third kappa shape index (κ3) is 5.48. The predicted molar refractivity (Wildman–Crippen MR) is 89.6 cm³/mol. The second-order valence-corrected chi connectivity index (χ2v) is 5.76. The van der Waals surface area contributed by atoms with Crippen LogP contribution in [0.3, 0.4) is 0 Å². The van der Waals surface area contributed by atoms with E-state index < -0.39 is 0 Å². The van der Waals surface area contributed by atoms with Gasteiger partial charge in [0, 0.05) is 34.9 Å². The Kier molecular flexibility index (Phi) is 6.70. The van der Waals surface area contributed by atoms with E-state index in [4.69, 9.17) is 4.74 Å². The zero-order valence-corrected chi connectivity index (χ0v) is 13.9. The van der Waals surface area contributed by atoms with Gasteiger partial charge in [0.25, 0.3) is 0 Å². The summed E-state index contributed by atoms with van der Waals surface area (Å²) in [5, 5.41) is 3.41. The minimum Gasteiger partial charge on any atom is -0.493 e. The Morgan fingerprint density at radius 3 is 2.90 bits per heavy atom. The molecule has 0 aliphatic rings. The van der Waals surface area contributed by atoms with Crippen LogP contribution in [-0.2, 0) is 13.0 Å². The van der Waals surface area contributed by atoms with Crippen molar-refractivity contribution in [3.63, 3.8) is 0 Å². The maximum absolute atomic E-state index is 5.93. The Labute approximate surface area is 134 Å². The molecule has 2 rings (SSSR count). The lowest BCUT2D eigenvalue weighted by atomic mass is 10.2. The van der Waals surface area contributed by atoms with E-state index in [2.05, 4.69) is 39.2 Å². The molecule has 1 N–H and O–H groups in total. The van der Waals surface area contributed by atoms with E-state index in [1.165, 1.54) is 5.56 Å². The van der Waals surface area contributed by atoms with E-state index >= 15 is 0 Å². The van der Waals surface area contributed by atoms with Gasteiger partial charge in [-0.15, -0.1) is 0 Å². The van der Waals surface area contributed by atoms with Gasteiger partial charge < -0.3 is 10.1 Å². The highest BCUT2D eigenvalue weighted by Gasteiger charge is 2.05. The SMILES string of the molecule is CCCNCc1cc(Br)ccc1OCCc1ccccn1. The molecule has 0 radical (unpaired) electrons. The minimum atomic E-state index is 0.638. The first-order valence-corrected chi connectivity index (χ1v) is 8.10. The van der Waals surface area contributed by atoms with Crippen molar-refractivity contribution in [3.05, 3.63) is 58.3 Å². The van der Waals surface area contributed by atoms with E-state index in [1.807, 2.05) is 36.5 Å². The zero-order chi connectivity index (χ0) is 14.9. The molecule has 1 heterocycles. The number of hydrogen-bond acceptors (Lipinski definition) is 3. The van der Waals surface area contributed by atoms with Crippen molar-refractivity contribution in [3.8, 4) is 5.75 Å². The monoisotopic (exact) mass is 348 g/mol. The molecule has 0 fully saturated rings. The van der Waals surface area contributed by atoms with Gasteiger partial charge in [0.1, 0.15) is 5.75 Å². The summed E-state index contributed by atoms with van der Waals surface area (Å²) in [6, 6.07) is 12.1. The molecular weight excluding hydrogens is 328 g/mol. The van der Waals surface area contributed by atoms with Crippen LogP contribution in [0.25, 0.3) is 0 Å². The fourth-order valence-electron chi connectivity index (χ4n) is 2.04. The van der Waals surface area contributed by atoms with Crippen LogP contribution in [0.2, 0.25) is 0 Å². The van der Waals surface area contributed by atoms with Gasteiger partial charge in [-0.3, -0.25) is 4.98 Å². The first-order chi connectivity index (χ1) is 10.3. The Balaban J connectivity index is 1.92. The van der Waals surface area contributed by atoms with Crippen molar-refractivity contribution >= 4 is 15.9 Å². The first-order valence-electron chi connectivity index (χ1n) is 7.31. The van der Waals surface area contributed by atoms with Crippen LogP contribution in [0.1, 0.15) is 24.6 Å². The Hall–Kier alpha value is -1.39. The summed E-state index contributed by atoms with van der Waals surface area (Å²) in [6.07, 6.45) is 3.76. The Morgan fingerprint density at radius 1 is 1.24 bits per heavy atom. The van der Waals surface area contributed by atoms with Crippen LogP contribution in [0.15, 0.2) is 47.1 Å². The predicted octanol–water partition coefficient (Wildman–Crippen LogP) is 3.97. The highest BCUT2D eigenvalue weighted by Crippen LogP contribution is 2.23. The van der Waals surface area contributed by atoms with Gasteiger partial charge >= 0.3 is 0 Å². The molecule has 2 aromatic rings. The number of halogens is 1. The van der Waals surface area contributed by atoms with Gasteiger partial charge in [-0.2, -0.15) is 0 Å². The lowest BCUT2D eigenvalue weighted by Gasteiger charge is -2.12. The van der Waals surface area contributed by atoms with Crippen molar-refractivity contribution in [2.45, 2.75) is 26.3 Å². The quantitative estimate of drug-likeness (QED) is 0.733. The zero-order valence-electron chi connectivity index (χ0n) is 12.3. The number of aromatic nitrogens is 1. The van der Waals surface area contributed by atoms with E-state index in [0.717, 1.165) is 41.8 Å². The molecular formula is C17H21BrN2O. The molecule has 4 heteroatoms. The van der Waals surface area contributed by atoms with E-state index in [9.17, 15) is 0 Å². The smallest absolute Gasteiger partial charge is 0.123 e. The van der Waals surface area contributed by atoms with Crippen LogP contribution in [-0.4, -0.2) is 18.1 Å². The van der Waals surface area contributed by atoms with Crippen LogP contribution in [0.4, 0.5) is 0 Å². The Morgan fingerprint density at radius 2 is 2.14 bits per heavy atom. The normalized spacial score (nSPS) is 10.6. The number of benzene rings is 1. The van der Waals surface area contributed by atoms with Gasteiger partial charge in [-0.25, -0.2) is 0 Å². The van der Waals surface area contributed by atoms with E-state index in [0.29, 0.717) is 6.61 Å². The molecule has 1 aromatic heterocycles. The van der Waals surface area contributed by atoms with Crippen molar-refractivity contribution < 1.29 is 4.74 Å². The third-order valence-corrected chi connectivity index (χ3v) is 3.60. The number of rotatable bonds is 8. The minimum absolute atomic E-state index is 0.638. The van der Waals surface area contributed by atoms with Gasteiger partial charge in [0.15, 0.2) is 0 Å². The molecule has 112 valence electrons. The van der Waals surface area contributed by atoms with Gasteiger partial charge in [0.05, 0.1) is 6.61 Å². The summed E-state index contributed by atoms with van der Waals surface area (Å²) in [5.41, 5.74) is 2.24. The summed E-state index contributed by atoms with van der Waals surface area (Å²) >= 11 is 3.52. The van der Waals surface area contributed by atoms with E-state index in [-0.39, 0.29) is 0 Å². The van der Waals surface area contributed by atoms with Crippen molar-refractivity contribution in [2.24, 2.45) is 0 Å². The molecule has 0 amide bonds. The lowest BCUT2D eigenvalue weighted by molar-refractivity contribution is 0.316. The highest BCUT2D eigenvalue weighted by molar-refractivity contribution is 9.10. The third-order valence-electron chi connectivity index (χ3n) is 3.11.